The molecule has 0 aromatic heterocycles. The Kier molecular flexibility index (Phi) is 9.43. The zero-order chi connectivity index (χ0) is 20.4. The molecule has 1 saturated heterocycles. The summed E-state index contributed by atoms with van der Waals surface area (Å²) in [4.78, 5) is 9.48. The second-order valence-corrected chi connectivity index (χ2v) is 6.88. The van der Waals surface area contributed by atoms with Gasteiger partial charge in [0.05, 0.1) is 6.54 Å². The second kappa shape index (κ2) is 11.8. The van der Waals surface area contributed by atoms with Gasteiger partial charge >= 0.3 is 6.61 Å². The minimum atomic E-state index is -2.84. The largest absolute Gasteiger partial charge is 0.434 e. The number of guanidine groups is 1. The summed E-state index contributed by atoms with van der Waals surface area (Å²) in [6, 6.07) is 7.14. The maximum atomic E-state index is 12.6. The van der Waals surface area contributed by atoms with Gasteiger partial charge in [-0.05, 0) is 26.5 Å². The van der Waals surface area contributed by atoms with Gasteiger partial charge in [0.2, 0.25) is 0 Å². The first-order chi connectivity index (χ1) is 13.5. The summed E-state index contributed by atoms with van der Waals surface area (Å²) < 4.78 is 29.7. The molecule has 28 heavy (non-hydrogen) atoms. The highest BCUT2D eigenvalue weighted by molar-refractivity contribution is 5.79. The Balaban J connectivity index is 1.90. The van der Waals surface area contributed by atoms with E-state index in [4.69, 9.17) is 0 Å². The standard InChI is InChI=1S/C20H33F2N5O/c1-4-23-20(24-14-16(3)27-12-10-26(5-2)11-13-27)25-15-17-8-6-7-9-18(17)28-19(21)22/h6-9,16,19H,4-5,10-15H2,1-3H3,(H2,23,24,25). The van der Waals surface area contributed by atoms with Crippen LogP contribution in [0.2, 0.25) is 0 Å². The molecule has 0 amide bonds. The predicted molar refractivity (Wildman–Crippen MR) is 109 cm³/mol. The van der Waals surface area contributed by atoms with Crippen molar-refractivity contribution < 1.29 is 13.5 Å². The number of hydrogen-bond donors (Lipinski definition) is 2. The molecule has 1 aliphatic heterocycles. The maximum absolute atomic E-state index is 12.6. The molecule has 8 heteroatoms. The van der Waals surface area contributed by atoms with Gasteiger partial charge in [-0.15, -0.1) is 0 Å². The van der Waals surface area contributed by atoms with Crippen LogP contribution in [0.5, 0.6) is 5.75 Å². The van der Waals surface area contributed by atoms with Crippen LogP contribution in [0.3, 0.4) is 0 Å². The maximum Gasteiger partial charge on any atom is 0.387 e. The lowest BCUT2D eigenvalue weighted by molar-refractivity contribution is -0.0504. The number of aliphatic imine (C=N–C) groups is 1. The third-order valence-corrected chi connectivity index (χ3v) is 4.98. The van der Waals surface area contributed by atoms with Gasteiger partial charge in [0.25, 0.3) is 0 Å². The van der Waals surface area contributed by atoms with Crippen LogP contribution in [0.15, 0.2) is 29.3 Å². The number of halogens is 2. The summed E-state index contributed by atoms with van der Waals surface area (Å²) in [6.07, 6.45) is 0. The van der Waals surface area contributed by atoms with Crippen LogP contribution in [-0.4, -0.2) is 74.2 Å². The smallest absolute Gasteiger partial charge is 0.387 e. The zero-order valence-corrected chi connectivity index (χ0v) is 17.1. The van der Waals surface area contributed by atoms with Gasteiger partial charge in [-0.1, -0.05) is 25.1 Å². The Bertz CT molecular complexity index is 606. The first-order valence-corrected chi connectivity index (χ1v) is 10.0. The second-order valence-electron chi connectivity index (χ2n) is 6.88. The average Bonchev–Trinajstić information content (AvgIpc) is 2.70. The van der Waals surface area contributed by atoms with Crippen molar-refractivity contribution in [3.05, 3.63) is 29.8 Å². The lowest BCUT2D eigenvalue weighted by Gasteiger charge is -2.37. The molecule has 6 nitrogen and oxygen atoms in total. The number of benzene rings is 1. The molecule has 1 aromatic carbocycles. The molecule has 1 fully saturated rings. The van der Waals surface area contributed by atoms with Gasteiger partial charge < -0.3 is 20.3 Å². The van der Waals surface area contributed by atoms with Gasteiger partial charge in [-0.3, -0.25) is 4.90 Å². The molecule has 1 aromatic rings. The number of likely N-dealkylation sites (N-methyl/N-ethyl adjacent to an activating group) is 1. The fourth-order valence-electron chi connectivity index (χ4n) is 3.25. The van der Waals surface area contributed by atoms with Crippen LogP contribution in [0.1, 0.15) is 26.3 Å². The van der Waals surface area contributed by atoms with E-state index >= 15 is 0 Å². The molecule has 0 saturated carbocycles. The number of alkyl halides is 2. The summed E-state index contributed by atoms with van der Waals surface area (Å²) in [5.74, 6) is 0.840. The number of para-hydroxylation sites is 1. The summed E-state index contributed by atoms with van der Waals surface area (Å²) in [7, 11) is 0. The van der Waals surface area contributed by atoms with Crippen LogP contribution in [-0.2, 0) is 6.54 Å². The van der Waals surface area contributed by atoms with E-state index in [-0.39, 0.29) is 12.3 Å². The monoisotopic (exact) mass is 397 g/mol. The van der Waals surface area contributed by atoms with E-state index in [0.29, 0.717) is 17.6 Å². The SMILES string of the molecule is CCNC(=NCc1ccccc1OC(F)F)NCC(C)N1CCN(CC)CC1. The van der Waals surface area contributed by atoms with Crippen LogP contribution in [0.25, 0.3) is 0 Å². The zero-order valence-electron chi connectivity index (χ0n) is 17.1. The summed E-state index contributed by atoms with van der Waals surface area (Å²) in [5.41, 5.74) is 0.628. The van der Waals surface area contributed by atoms with Crippen molar-refractivity contribution in [3.8, 4) is 5.75 Å². The predicted octanol–water partition coefficient (Wildman–Crippen LogP) is 2.37. The number of nitrogens with one attached hydrogen (secondary N) is 2. The summed E-state index contributed by atoms with van der Waals surface area (Å²) in [5, 5.41) is 6.58. The number of hydrogen-bond acceptors (Lipinski definition) is 4. The first kappa shape index (κ1) is 22.4. The fraction of sp³-hybridized carbons (Fsp3) is 0.650. The van der Waals surface area contributed by atoms with E-state index in [2.05, 4.69) is 44.0 Å². The highest BCUT2D eigenvalue weighted by atomic mass is 19.3. The third kappa shape index (κ3) is 7.24. The summed E-state index contributed by atoms with van der Waals surface area (Å²) in [6.45, 7) is 10.8. The molecule has 158 valence electrons. The average molecular weight is 398 g/mol. The Hall–Kier alpha value is -1.93. The van der Waals surface area contributed by atoms with E-state index < -0.39 is 6.61 Å². The topological polar surface area (TPSA) is 52.1 Å². The Morgan fingerprint density at radius 2 is 1.86 bits per heavy atom. The van der Waals surface area contributed by atoms with E-state index in [1.165, 1.54) is 6.07 Å². The summed E-state index contributed by atoms with van der Waals surface area (Å²) >= 11 is 0. The van der Waals surface area contributed by atoms with Crippen molar-refractivity contribution in [2.75, 3.05) is 45.8 Å². The Morgan fingerprint density at radius 3 is 2.50 bits per heavy atom. The fourth-order valence-corrected chi connectivity index (χ4v) is 3.25. The Morgan fingerprint density at radius 1 is 1.14 bits per heavy atom. The highest BCUT2D eigenvalue weighted by Gasteiger charge is 2.20. The number of piperazine rings is 1. The van der Waals surface area contributed by atoms with Crippen molar-refractivity contribution in [2.24, 2.45) is 4.99 Å². The molecular formula is C20H33F2N5O. The van der Waals surface area contributed by atoms with Gasteiger partial charge in [0, 0.05) is 50.9 Å². The van der Waals surface area contributed by atoms with E-state index in [0.717, 1.165) is 45.8 Å². The number of rotatable bonds is 9. The van der Waals surface area contributed by atoms with Crippen LogP contribution >= 0.6 is 0 Å². The lowest BCUT2D eigenvalue weighted by Crippen LogP contribution is -2.53. The lowest BCUT2D eigenvalue weighted by atomic mass is 10.2. The van der Waals surface area contributed by atoms with Gasteiger partial charge in [0.1, 0.15) is 5.75 Å². The van der Waals surface area contributed by atoms with Crippen molar-refractivity contribution in [3.63, 3.8) is 0 Å². The van der Waals surface area contributed by atoms with Crippen molar-refractivity contribution in [1.29, 1.82) is 0 Å². The molecule has 2 N–H and O–H groups in total. The van der Waals surface area contributed by atoms with Gasteiger partial charge in [0.15, 0.2) is 5.96 Å². The first-order valence-electron chi connectivity index (χ1n) is 10.0. The molecule has 0 aliphatic carbocycles. The van der Waals surface area contributed by atoms with Crippen molar-refractivity contribution in [2.45, 2.75) is 40.0 Å². The molecule has 0 radical (unpaired) electrons. The molecule has 1 unspecified atom stereocenters. The highest BCUT2D eigenvalue weighted by Crippen LogP contribution is 2.20. The van der Waals surface area contributed by atoms with E-state index in [9.17, 15) is 8.78 Å². The minimum absolute atomic E-state index is 0.166. The molecular weight excluding hydrogens is 364 g/mol. The van der Waals surface area contributed by atoms with Crippen LogP contribution in [0, 0.1) is 0 Å². The molecule has 0 bridgehead atoms. The number of nitrogens with zero attached hydrogens (tertiary/aromatic N) is 3. The van der Waals surface area contributed by atoms with Crippen LogP contribution in [0.4, 0.5) is 8.78 Å². The Labute approximate surface area is 166 Å². The molecule has 1 aliphatic rings. The third-order valence-electron chi connectivity index (χ3n) is 4.98. The van der Waals surface area contributed by atoms with Gasteiger partial charge in [-0.2, -0.15) is 8.78 Å². The molecule has 1 heterocycles. The van der Waals surface area contributed by atoms with E-state index in [1.807, 2.05) is 6.92 Å². The number of ether oxygens (including phenoxy) is 1. The quantitative estimate of drug-likeness (QED) is 0.495. The van der Waals surface area contributed by atoms with Crippen molar-refractivity contribution >= 4 is 5.96 Å². The normalized spacial score (nSPS) is 17.6. The minimum Gasteiger partial charge on any atom is -0.434 e. The molecule has 0 spiro atoms. The van der Waals surface area contributed by atoms with Crippen molar-refractivity contribution in [1.82, 2.24) is 20.4 Å². The van der Waals surface area contributed by atoms with Crippen LogP contribution < -0.4 is 15.4 Å². The van der Waals surface area contributed by atoms with Gasteiger partial charge in [-0.25, -0.2) is 4.99 Å². The molecule has 2 rings (SSSR count). The molecule has 1 atom stereocenters. The van der Waals surface area contributed by atoms with E-state index in [1.54, 1.807) is 18.2 Å².